The molecule has 24 heavy (non-hydrogen) atoms. The van der Waals surface area contributed by atoms with Crippen molar-refractivity contribution < 1.29 is 14.6 Å². The highest BCUT2D eigenvalue weighted by atomic mass is 16.5. The molecule has 126 valence electrons. The maximum atomic E-state index is 12.8. The van der Waals surface area contributed by atoms with Gasteiger partial charge in [0.1, 0.15) is 5.75 Å². The van der Waals surface area contributed by atoms with Crippen LogP contribution >= 0.6 is 0 Å². The fraction of sp³-hybridized carbons (Fsp3) is 0.368. The van der Waals surface area contributed by atoms with Crippen molar-refractivity contribution in [3.8, 4) is 5.75 Å². The van der Waals surface area contributed by atoms with Gasteiger partial charge in [0.15, 0.2) is 0 Å². The third-order valence-corrected chi connectivity index (χ3v) is 4.64. The zero-order valence-electron chi connectivity index (χ0n) is 13.7. The Labute approximate surface area is 141 Å². The number of carbonyl (C=O) groups is 1. The van der Waals surface area contributed by atoms with Gasteiger partial charge in [-0.15, -0.1) is 0 Å². The van der Waals surface area contributed by atoms with Crippen LogP contribution in [0.3, 0.4) is 0 Å². The molecule has 1 aromatic carbocycles. The maximum absolute atomic E-state index is 12.8. The van der Waals surface area contributed by atoms with Gasteiger partial charge in [0, 0.05) is 24.9 Å². The van der Waals surface area contributed by atoms with E-state index in [1.807, 2.05) is 42.5 Å². The van der Waals surface area contributed by atoms with Gasteiger partial charge in [-0.3, -0.25) is 9.78 Å². The summed E-state index contributed by atoms with van der Waals surface area (Å²) in [5, 5.41) is 12.8. The number of pyridine rings is 1. The van der Waals surface area contributed by atoms with Crippen LogP contribution in [0.1, 0.15) is 24.1 Å². The zero-order valence-corrected chi connectivity index (χ0v) is 13.7. The fourth-order valence-electron chi connectivity index (χ4n) is 3.23. The van der Waals surface area contributed by atoms with Gasteiger partial charge in [-0.05, 0) is 42.7 Å². The largest absolute Gasteiger partial charge is 0.497 e. The Balaban J connectivity index is 1.66. The molecule has 1 heterocycles. The number of hydrogen-bond acceptors (Lipinski definition) is 4. The first-order valence-corrected chi connectivity index (χ1v) is 8.15. The molecule has 0 spiro atoms. The van der Waals surface area contributed by atoms with Crippen molar-refractivity contribution in [2.45, 2.75) is 30.8 Å². The van der Waals surface area contributed by atoms with E-state index in [0.29, 0.717) is 25.8 Å². The van der Waals surface area contributed by atoms with E-state index in [1.165, 1.54) is 0 Å². The summed E-state index contributed by atoms with van der Waals surface area (Å²) in [7, 11) is 1.61. The zero-order chi connectivity index (χ0) is 17.0. The van der Waals surface area contributed by atoms with E-state index >= 15 is 0 Å². The number of aliphatic hydroxyl groups is 1. The van der Waals surface area contributed by atoms with Crippen LogP contribution in [-0.2, 0) is 16.6 Å². The van der Waals surface area contributed by atoms with Gasteiger partial charge >= 0.3 is 0 Å². The Morgan fingerprint density at radius 2 is 2.04 bits per heavy atom. The number of methoxy groups -OCH3 is 1. The highest BCUT2D eigenvalue weighted by molar-refractivity contribution is 5.89. The number of aliphatic hydroxyl groups excluding tert-OH is 1. The van der Waals surface area contributed by atoms with Crippen LogP contribution < -0.4 is 10.1 Å². The molecule has 5 nitrogen and oxygen atoms in total. The monoisotopic (exact) mass is 326 g/mol. The molecule has 2 N–H and O–H groups in total. The summed E-state index contributed by atoms with van der Waals surface area (Å²) < 4.78 is 5.17. The van der Waals surface area contributed by atoms with Gasteiger partial charge in [0.05, 0.1) is 18.6 Å². The molecule has 0 saturated heterocycles. The SMILES string of the molecule is COc1ccc(C2(C(=O)NCCc3ccccn3)CC(O)C2)cc1. The Hall–Kier alpha value is -2.40. The quantitative estimate of drug-likeness (QED) is 0.850. The average Bonchev–Trinajstić information content (AvgIpc) is 2.60. The number of amides is 1. The van der Waals surface area contributed by atoms with E-state index in [2.05, 4.69) is 10.3 Å². The summed E-state index contributed by atoms with van der Waals surface area (Å²) in [5.41, 5.74) is 1.23. The van der Waals surface area contributed by atoms with E-state index in [4.69, 9.17) is 4.74 Å². The van der Waals surface area contributed by atoms with Crippen LogP contribution in [0.25, 0.3) is 0 Å². The molecule has 1 aromatic heterocycles. The highest BCUT2D eigenvalue weighted by Gasteiger charge is 2.50. The Morgan fingerprint density at radius 3 is 2.62 bits per heavy atom. The number of nitrogens with one attached hydrogen (secondary N) is 1. The molecule has 0 atom stereocenters. The third-order valence-electron chi connectivity index (χ3n) is 4.64. The summed E-state index contributed by atoms with van der Waals surface area (Å²) in [4.78, 5) is 17.0. The number of hydrogen-bond donors (Lipinski definition) is 2. The molecule has 0 unspecified atom stereocenters. The van der Waals surface area contributed by atoms with Gasteiger partial charge in [-0.25, -0.2) is 0 Å². The van der Waals surface area contributed by atoms with Crippen molar-refractivity contribution in [1.29, 1.82) is 0 Å². The van der Waals surface area contributed by atoms with Gasteiger partial charge in [-0.2, -0.15) is 0 Å². The van der Waals surface area contributed by atoms with Crippen LogP contribution in [0, 0.1) is 0 Å². The van der Waals surface area contributed by atoms with Gasteiger partial charge in [0.2, 0.25) is 5.91 Å². The van der Waals surface area contributed by atoms with Crippen molar-refractivity contribution >= 4 is 5.91 Å². The van der Waals surface area contributed by atoms with E-state index in [1.54, 1.807) is 13.3 Å². The standard InChI is InChI=1S/C19H22N2O3/c1-24-17-7-5-14(6-8-17)19(12-16(22)13-19)18(23)21-11-9-15-4-2-3-10-20-15/h2-8,10,16,22H,9,11-13H2,1H3,(H,21,23). The van der Waals surface area contributed by atoms with Crippen LogP contribution in [0.4, 0.5) is 0 Å². The summed E-state index contributed by atoms with van der Waals surface area (Å²) in [6.45, 7) is 0.532. The molecular formula is C19H22N2O3. The summed E-state index contributed by atoms with van der Waals surface area (Å²) in [6.07, 6.45) is 2.92. The Bertz CT molecular complexity index is 680. The number of rotatable bonds is 6. The smallest absolute Gasteiger partial charge is 0.230 e. The number of benzene rings is 1. The number of aromatic nitrogens is 1. The van der Waals surface area contributed by atoms with Crippen LogP contribution in [0.2, 0.25) is 0 Å². The summed E-state index contributed by atoms with van der Waals surface area (Å²) >= 11 is 0. The molecule has 0 aliphatic heterocycles. The summed E-state index contributed by atoms with van der Waals surface area (Å²) in [5.74, 6) is 0.721. The van der Waals surface area contributed by atoms with Crippen molar-refractivity contribution in [3.05, 3.63) is 59.9 Å². The van der Waals surface area contributed by atoms with Crippen molar-refractivity contribution in [1.82, 2.24) is 10.3 Å². The van der Waals surface area contributed by atoms with E-state index < -0.39 is 11.5 Å². The van der Waals surface area contributed by atoms with Crippen molar-refractivity contribution in [3.63, 3.8) is 0 Å². The van der Waals surface area contributed by atoms with Crippen molar-refractivity contribution in [2.24, 2.45) is 0 Å². The minimum Gasteiger partial charge on any atom is -0.497 e. The van der Waals surface area contributed by atoms with Gasteiger partial charge < -0.3 is 15.2 Å². The molecule has 1 saturated carbocycles. The molecule has 0 radical (unpaired) electrons. The second-order valence-electron chi connectivity index (χ2n) is 6.20. The molecule has 5 heteroatoms. The Kier molecular flexibility index (Phi) is 4.81. The average molecular weight is 326 g/mol. The maximum Gasteiger partial charge on any atom is 0.230 e. The summed E-state index contributed by atoms with van der Waals surface area (Å²) in [6, 6.07) is 13.3. The molecule has 1 amide bonds. The molecule has 1 aliphatic carbocycles. The van der Waals surface area contributed by atoms with E-state index in [-0.39, 0.29) is 5.91 Å². The predicted molar refractivity (Wildman–Crippen MR) is 90.9 cm³/mol. The molecule has 3 rings (SSSR count). The Morgan fingerprint density at radius 1 is 1.29 bits per heavy atom. The lowest BCUT2D eigenvalue weighted by Gasteiger charge is -2.44. The van der Waals surface area contributed by atoms with E-state index in [0.717, 1.165) is 17.0 Å². The topological polar surface area (TPSA) is 71.5 Å². The lowest BCUT2D eigenvalue weighted by molar-refractivity contribution is -0.135. The fourth-order valence-corrected chi connectivity index (χ4v) is 3.23. The first-order chi connectivity index (χ1) is 11.6. The molecule has 1 fully saturated rings. The highest BCUT2D eigenvalue weighted by Crippen LogP contribution is 2.44. The van der Waals surface area contributed by atoms with Crippen molar-refractivity contribution in [2.75, 3.05) is 13.7 Å². The molecular weight excluding hydrogens is 304 g/mol. The van der Waals surface area contributed by atoms with Crippen LogP contribution in [-0.4, -0.2) is 35.8 Å². The number of carbonyl (C=O) groups excluding carboxylic acids is 1. The number of nitrogens with zero attached hydrogens (tertiary/aromatic N) is 1. The van der Waals surface area contributed by atoms with Crippen LogP contribution in [0.15, 0.2) is 48.7 Å². The molecule has 0 bridgehead atoms. The lowest BCUT2D eigenvalue weighted by Crippen LogP contribution is -2.55. The normalized spacial score (nSPS) is 22.5. The third kappa shape index (κ3) is 3.26. The van der Waals surface area contributed by atoms with E-state index in [9.17, 15) is 9.90 Å². The minimum atomic E-state index is -0.643. The number of ether oxygens (including phenoxy) is 1. The minimum absolute atomic E-state index is 0.0334. The van der Waals surface area contributed by atoms with Gasteiger partial charge in [0.25, 0.3) is 0 Å². The predicted octanol–water partition coefficient (Wildman–Crippen LogP) is 1.84. The van der Waals surface area contributed by atoms with Crippen LogP contribution in [0.5, 0.6) is 5.75 Å². The molecule has 1 aliphatic rings. The first-order valence-electron chi connectivity index (χ1n) is 8.15. The lowest BCUT2D eigenvalue weighted by atomic mass is 9.62. The first kappa shape index (κ1) is 16.5. The second kappa shape index (κ2) is 7.01. The second-order valence-corrected chi connectivity index (χ2v) is 6.20. The molecule has 2 aromatic rings. The van der Waals surface area contributed by atoms with Gasteiger partial charge in [-0.1, -0.05) is 18.2 Å².